The summed E-state index contributed by atoms with van der Waals surface area (Å²) >= 11 is 0. The highest BCUT2D eigenvalue weighted by Gasteiger charge is 2.29. The fourth-order valence-electron chi connectivity index (χ4n) is 2.18. The number of rotatable bonds is 4. The molecular weight excluding hydrogens is 336 g/mol. The van der Waals surface area contributed by atoms with Crippen molar-refractivity contribution >= 4 is 29.4 Å². The predicted octanol–water partition coefficient (Wildman–Crippen LogP) is 0.481. The summed E-state index contributed by atoms with van der Waals surface area (Å²) in [7, 11) is 4.51. The quantitative estimate of drug-likeness (QED) is 0.572. The van der Waals surface area contributed by atoms with Crippen LogP contribution in [0.4, 0.5) is 0 Å². The first-order valence-electron chi connectivity index (χ1n) is 6.79. The molecule has 0 bridgehead atoms. The number of carbonyl (C=O) groups is 4. The minimum absolute atomic E-state index is 0.0558. The third kappa shape index (κ3) is 3.01. The van der Waals surface area contributed by atoms with Crippen LogP contribution >= 0.6 is 0 Å². The van der Waals surface area contributed by atoms with Crippen molar-refractivity contribution < 1.29 is 38.1 Å². The van der Waals surface area contributed by atoms with Gasteiger partial charge in [0, 0.05) is 6.20 Å². The number of ether oxygens (including phenoxy) is 4. The van der Waals surface area contributed by atoms with E-state index in [0.717, 1.165) is 39.2 Å². The molecule has 0 amide bonds. The van der Waals surface area contributed by atoms with E-state index in [9.17, 15) is 19.2 Å². The molecule has 0 N–H and O–H groups in total. The molecule has 25 heavy (non-hydrogen) atoms. The minimum Gasteiger partial charge on any atom is -0.465 e. The molecule has 0 aliphatic carbocycles. The van der Waals surface area contributed by atoms with Gasteiger partial charge in [0.25, 0.3) is 0 Å². The Morgan fingerprint density at radius 3 is 1.84 bits per heavy atom. The van der Waals surface area contributed by atoms with Gasteiger partial charge >= 0.3 is 23.9 Å². The molecule has 2 heterocycles. The summed E-state index contributed by atoms with van der Waals surface area (Å²) in [6, 6.07) is 1.18. The zero-order valence-electron chi connectivity index (χ0n) is 13.8. The standard InChI is InChI=1S/C15H14N2O8/c1-22-12(18)7-5-9-10(14(20)24-3)11(15(21)25-4)16-17(9)6-8(7)13(19)23-2/h5-6H,1-4H3. The summed E-state index contributed by atoms with van der Waals surface area (Å²) in [4.78, 5) is 47.8. The molecule has 0 saturated heterocycles. The van der Waals surface area contributed by atoms with Gasteiger partial charge in [-0.25, -0.2) is 23.7 Å². The van der Waals surface area contributed by atoms with E-state index in [-0.39, 0.29) is 27.9 Å². The normalized spacial score (nSPS) is 10.2. The number of aromatic nitrogens is 2. The third-order valence-corrected chi connectivity index (χ3v) is 3.35. The van der Waals surface area contributed by atoms with Crippen molar-refractivity contribution in [2.24, 2.45) is 0 Å². The second kappa shape index (κ2) is 6.99. The highest BCUT2D eigenvalue weighted by atomic mass is 16.5. The van der Waals surface area contributed by atoms with Crippen LogP contribution in [-0.2, 0) is 18.9 Å². The molecule has 2 aromatic heterocycles. The van der Waals surface area contributed by atoms with E-state index >= 15 is 0 Å². The van der Waals surface area contributed by atoms with Gasteiger partial charge in [-0.1, -0.05) is 0 Å². The Labute approximate surface area is 141 Å². The summed E-state index contributed by atoms with van der Waals surface area (Å²) in [6.45, 7) is 0. The van der Waals surface area contributed by atoms with E-state index in [2.05, 4.69) is 24.0 Å². The van der Waals surface area contributed by atoms with Gasteiger partial charge in [0.2, 0.25) is 0 Å². The Kier molecular flexibility index (Phi) is 5.01. The molecule has 10 heteroatoms. The lowest BCUT2D eigenvalue weighted by atomic mass is 10.1. The van der Waals surface area contributed by atoms with Crippen LogP contribution in [-0.4, -0.2) is 61.9 Å². The summed E-state index contributed by atoms with van der Waals surface area (Å²) in [5.74, 6) is -3.41. The highest BCUT2D eigenvalue weighted by molar-refractivity contribution is 6.09. The molecule has 0 saturated carbocycles. The molecule has 132 valence electrons. The first-order chi connectivity index (χ1) is 11.9. The zero-order chi connectivity index (χ0) is 18.7. The number of esters is 4. The number of hydrogen-bond acceptors (Lipinski definition) is 9. The Bertz CT molecular complexity index is 869. The van der Waals surface area contributed by atoms with Gasteiger partial charge in [-0.2, -0.15) is 5.10 Å². The van der Waals surface area contributed by atoms with Crippen molar-refractivity contribution in [1.29, 1.82) is 0 Å². The van der Waals surface area contributed by atoms with Crippen molar-refractivity contribution in [3.63, 3.8) is 0 Å². The summed E-state index contributed by atoms with van der Waals surface area (Å²) in [5.41, 5.74) is -0.802. The molecule has 0 atom stereocenters. The van der Waals surface area contributed by atoms with Gasteiger partial charge in [-0.05, 0) is 6.07 Å². The molecule has 0 aromatic carbocycles. The van der Waals surface area contributed by atoms with Crippen molar-refractivity contribution in [2.75, 3.05) is 28.4 Å². The van der Waals surface area contributed by atoms with Crippen LogP contribution in [0.1, 0.15) is 41.6 Å². The number of fused-ring (bicyclic) bond motifs is 1. The van der Waals surface area contributed by atoms with Crippen molar-refractivity contribution in [3.8, 4) is 0 Å². The lowest BCUT2D eigenvalue weighted by molar-refractivity contribution is 0.0553. The topological polar surface area (TPSA) is 123 Å². The first-order valence-corrected chi connectivity index (χ1v) is 6.79. The minimum atomic E-state index is -0.886. The molecule has 0 aliphatic rings. The van der Waals surface area contributed by atoms with Gasteiger partial charge < -0.3 is 18.9 Å². The van der Waals surface area contributed by atoms with Gasteiger partial charge in [0.15, 0.2) is 5.69 Å². The number of methoxy groups -OCH3 is 4. The molecule has 0 aliphatic heterocycles. The number of carbonyl (C=O) groups excluding carboxylic acids is 4. The monoisotopic (exact) mass is 350 g/mol. The third-order valence-electron chi connectivity index (χ3n) is 3.35. The molecule has 2 aromatic rings. The molecule has 0 spiro atoms. The second-order valence-electron chi connectivity index (χ2n) is 4.62. The Hall–Kier alpha value is -3.43. The van der Waals surface area contributed by atoms with Gasteiger partial charge in [-0.15, -0.1) is 0 Å². The van der Waals surface area contributed by atoms with Crippen LogP contribution in [0.3, 0.4) is 0 Å². The predicted molar refractivity (Wildman–Crippen MR) is 80.6 cm³/mol. The summed E-state index contributed by atoms with van der Waals surface area (Å²) in [6.07, 6.45) is 1.15. The largest absolute Gasteiger partial charge is 0.465 e. The highest BCUT2D eigenvalue weighted by Crippen LogP contribution is 2.22. The van der Waals surface area contributed by atoms with Crippen LogP contribution in [0, 0.1) is 0 Å². The average molecular weight is 350 g/mol. The van der Waals surface area contributed by atoms with Crippen LogP contribution in [0.25, 0.3) is 5.52 Å². The number of nitrogens with zero attached hydrogens (tertiary/aromatic N) is 2. The van der Waals surface area contributed by atoms with Crippen LogP contribution in [0.5, 0.6) is 0 Å². The number of pyridine rings is 1. The summed E-state index contributed by atoms with van der Waals surface area (Å²) < 4.78 is 19.6. The summed E-state index contributed by atoms with van der Waals surface area (Å²) in [5, 5.41) is 3.94. The van der Waals surface area contributed by atoms with E-state index in [1.807, 2.05) is 0 Å². The second-order valence-corrected chi connectivity index (χ2v) is 4.62. The zero-order valence-corrected chi connectivity index (χ0v) is 13.8. The Morgan fingerprint density at radius 2 is 1.32 bits per heavy atom. The van der Waals surface area contributed by atoms with Gasteiger partial charge in [-0.3, -0.25) is 0 Å². The fraction of sp³-hybridized carbons (Fsp3) is 0.267. The molecule has 2 rings (SSSR count). The van der Waals surface area contributed by atoms with Crippen molar-refractivity contribution in [1.82, 2.24) is 9.61 Å². The maximum absolute atomic E-state index is 12.1. The van der Waals surface area contributed by atoms with Gasteiger partial charge in [0.1, 0.15) is 5.56 Å². The van der Waals surface area contributed by atoms with E-state index < -0.39 is 23.9 Å². The molecule has 0 unspecified atom stereocenters. The molecule has 10 nitrogen and oxygen atoms in total. The smallest absolute Gasteiger partial charge is 0.359 e. The van der Waals surface area contributed by atoms with E-state index in [1.165, 1.54) is 6.07 Å². The first kappa shape index (κ1) is 17.9. The Morgan fingerprint density at radius 1 is 0.800 bits per heavy atom. The number of hydrogen-bond donors (Lipinski definition) is 0. The lowest BCUT2D eigenvalue weighted by Crippen LogP contribution is -2.14. The Balaban J connectivity index is 2.89. The maximum Gasteiger partial charge on any atom is 0.359 e. The SMILES string of the molecule is COC(=O)c1cc2c(C(=O)OC)c(C(=O)OC)nn2cc1C(=O)OC. The van der Waals surface area contributed by atoms with E-state index in [4.69, 9.17) is 0 Å². The van der Waals surface area contributed by atoms with E-state index in [0.29, 0.717) is 0 Å². The van der Waals surface area contributed by atoms with Crippen LogP contribution in [0.15, 0.2) is 12.3 Å². The van der Waals surface area contributed by atoms with Crippen molar-refractivity contribution in [2.45, 2.75) is 0 Å². The van der Waals surface area contributed by atoms with Gasteiger partial charge in [0.05, 0.1) is 45.1 Å². The molecule has 0 radical (unpaired) electrons. The van der Waals surface area contributed by atoms with Crippen LogP contribution < -0.4 is 0 Å². The molecule has 0 fully saturated rings. The maximum atomic E-state index is 12.1. The fourth-order valence-corrected chi connectivity index (χ4v) is 2.18. The van der Waals surface area contributed by atoms with Crippen molar-refractivity contribution in [3.05, 3.63) is 34.6 Å². The average Bonchev–Trinajstić information content (AvgIpc) is 3.02. The lowest BCUT2D eigenvalue weighted by Gasteiger charge is -2.07. The molecular formula is C15H14N2O8. The van der Waals surface area contributed by atoms with E-state index in [1.54, 1.807) is 0 Å². The van der Waals surface area contributed by atoms with Crippen LogP contribution in [0.2, 0.25) is 0 Å².